The normalized spacial score (nSPS) is 10.1. The Balaban J connectivity index is 1.86. The van der Waals surface area contributed by atoms with Crippen LogP contribution < -0.4 is 10.6 Å². The lowest BCUT2D eigenvalue weighted by Gasteiger charge is -2.10. The van der Waals surface area contributed by atoms with E-state index < -0.39 is 0 Å². The first-order valence-corrected chi connectivity index (χ1v) is 6.20. The molecule has 0 amide bonds. The molecule has 0 aliphatic carbocycles. The number of thiocarbonyl (C=S) groups is 1. The molecule has 18 heavy (non-hydrogen) atoms. The Morgan fingerprint density at radius 2 is 2.28 bits per heavy atom. The molecule has 4 nitrogen and oxygen atoms in total. The fourth-order valence-electron chi connectivity index (χ4n) is 1.46. The lowest BCUT2D eigenvalue weighted by atomic mass is 10.4. The predicted octanol–water partition coefficient (Wildman–Crippen LogP) is 2.56. The molecule has 0 atom stereocenters. The van der Waals surface area contributed by atoms with Crippen LogP contribution in [0.25, 0.3) is 0 Å². The van der Waals surface area contributed by atoms with Gasteiger partial charge in [-0.1, -0.05) is 11.6 Å². The molecule has 94 valence electrons. The van der Waals surface area contributed by atoms with Crippen molar-refractivity contribution in [2.75, 3.05) is 5.32 Å². The zero-order valence-corrected chi connectivity index (χ0v) is 11.4. The van der Waals surface area contributed by atoms with Crippen LogP contribution >= 0.6 is 23.8 Å². The van der Waals surface area contributed by atoms with Gasteiger partial charge in [-0.3, -0.25) is 0 Å². The lowest BCUT2D eigenvalue weighted by Crippen LogP contribution is -2.28. The first kappa shape index (κ1) is 12.9. The van der Waals surface area contributed by atoms with Gasteiger partial charge in [0.2, 0.25) is 0 Å². The van der Waals surface area contributed by atoms with Crippen molar-refractivity contribution in [3.05, 3.63) is 47.4 Å². The smallest absolute Gasteiger partial charge is 0.172 e. The van der Waals surface area contributed by atoms with E-state index in [1.807, 2.05) is 29.9 Å². The monoisotopic (exact) mass is 280 g/mol. The van der Waals surface area contributed by atoms with Crippen LogP contribution in [-0.2, 0) is 13.6 Å². The third-order valence-corrected chi connectivity index (χ3v) is 2.92. The topological polar surface area (TPSA) is 41.9 Å². The van der Waals surface area contributed by atoms with Crippen LogP contribution in [0.3, 0.4) is 0 Å². The second-order valence-electron chi connectivity index (χ2n) is 3.78. The quantitative estimate of drug-likeness (QED) is 0.848. The highest BCUT2D eigenvalue weighted by atomic mass is 35.5. The zero-order chi connectivity index (χ0) is 13.0. The number of anilines is 1. The summed E-state index contributed by atoms with van der Waals surface area (Å²) in [5.41, 5.74) is 1.16. The second-order valence-corrected chi connectivity index (χ2v) is 4.62. The molecule has 0 saturated carbocycles. The molecule has 0 aliphatic rings. The van der Waals surface area contributed by atoms with Gasteiger partial charge in [-0.25, -0.2) is 4.98 Å². The van der Waals surface area contributed by atoms with Crippen molar-refractivity contribution in [3.8, 4) is 0 Å². The SMILES string of the molecule is Cn1cccc1CNC(=S)Nc1ccc(Cl)cn1. The van der Waals surface area contributed by atoms with Gasteiger partial charge in [0.05, 0.1) is 11.6 Å². The number of hydrogen-bond donors (Lipinski definition) is 2. The average Bonchev–Trinajstić information content (AvgIpc) is 2.75. The molecule has 2 N–H and O–H groups in total. The van der Waals surface area contributed by atoms with Crippen LogP contribution in [0.15, 0.2) is 36.7 Å². The van der Waals surface area contributed by atoms with Gasteiger partial charge in [-0.05, 0) is 36.5 Å². The molecule has 0 aromatic carbocycles. The van der Waals surface area contributed by atoms with Crippen molar-refractivity contribution in [1.82, 2.24) is 14.9 Å². The molecule has 0 aliphatic heterocycles. The van der Waals surface area contributed by atoms with E-state index in [0.29, 0.717) is 22.5 Å². The highest BCUT2D eigenvalue weighted by molar-refractivity contribution is 7.80. The highest BCUT2D eigenvalue weighted by Crippen LogP contribution is 2.09. The first-order valence-electron chi connectivity index (χ1n) is 5.42. The van der Waals surface area contributed by atoms with E-state index in [1.165, 1.54) is 0 Å². The number of halogens is 1. The van der Waals surface area contributed by atoms with Gasteiger partial charge >= 0.3 is 0 Å². The fraction of sp³-hybridized carbons (Fsp3) is 0.167. The molecule has 0 bridgehead atoms. The summed E-state index contributed by atoms with van der Waals surface area (Å²) in [6.07, 6.45) is 3.57. The van der Waals surface area contributed by atoms with Crippen molar-refractivity contribution in [2.45, 2.75) is 6.54 Å². The number of aromatic nitrogens is 2. The third kappa shape index (κ3) is 3.45. The molecule has 0 unspecified atom stereocenters. The van der Waals surface area contributed by atoms with Gasteiger partial charge in [0, 0.05) is 25.1 Å². The minimum Gasteiger partial charge on any atom is -0.357 e. The maximum absolute atomic E-state index is 5.75. The first-order chi connectivity index (χ1) is 8.65. The van der Waals surface area contributed by atoms with Gasteiger partial charge in [0.25, 0.3) is 0 Å². The van der Waals surface area contributed by atoms with Crippen molar-refractivity contribution in [3.63, 3.8) is 0 Å². The van der Waals surface area contributed by atoms with E-state index in [0.717, 1.165) is 5.69 Å². The minimum atomic E-state index is 0.533. The maximum atomic E-state index is 5.75. The largest absolute Gasteiger partial charge is 0.357 e. The van der Waals surface area contributed by atoms with Crippen LogP contribution in [-0.4, -0.2) is 14.7 Å². The Bertz CT molecular complexity index is 535. The number of aryl methyl sites for hydroxylation is 1. The number of nitrogens with one attached hydrogen (secondary N) is 2. The van der Waals surface area contributed by atoms with Gasteiger partial charge < -0.3 is 15.2 Å². The van der Waals surface area contributed by atoms with E-state index >= 15 is 0 Å². The van der Waals surface area contributed by atoms with E-state index in [4.69, 9.17) is 23.8 Å². The summed E-state index contributed by atoms with van der Waals surface area (Å²) in [6.45, 7) is 0.670. The van der Waals surface area contributed by atoms with E-state index in [2.05, 4.69) is 15.6 Å². The molecule has 6 heteroatoms. The second kappa shape index (κ2) is 5.84. The molecule has 0 spiro atoms. The van der Waals surface area contributed by atoms with Crippen molar-refractivity contribution >= 4 is 34.7 Å². The number of pyridine rings is 1. The van der Waals surface area contributed by atoms with Gasteiger partial charge in [-0.2, -0.15) is 0 Å². The standard InChI is InChI=1S/C12H13ClN4S/c1-17-6-2-3-10(17)8-15-12(18)16-11-5-4-9(13)7-14-11/h2-7H,8H2,1H3,(H2,14,15,16,18). The highest BCUT2D eigenvalue weighted by Gasteiger charge is 2.00. The summed E-state index contributed by atoms with van der Waals surface area (Å²) in [4.78, 5) is 4.11. The molecular weight excluding hydrogens is 268 g/mol. The Hall–Kier alpha value is -1.59. The lowest BCUT2D eigenvalue weighted by molar-refractivity contribution is 0.783. The van der Waals surface area contributed by atoms with Crippen LogP contribution in [0.1, 0.15) is 5.69 Å². The summed E-state index contributed by atoms with van der Waals surface area (Å²) < 4.78 is 2.04. The van der Waals surface area contributed by atoms with Crippen molar-refractivity contribution < 1.29 is 0 Å². The van der Waals surface area contributed by atoms with Crippen LogP contribution in [0.2, 0.25) is 5.02 Å². The summed E-state index contributed by atoms with van der Waals surface area (Å²) in [7, 11) is 1.99. The van der Waals surface area contributed by atoms with E-state index in [1.54, 1.807) is 18.3 Å². The van der Waals surface area contributed by atoms with Crippen molar-refractivity contribution in [2.24, 2.45) is 7.05 Å². The molecule has 2 aromatic heterocycles. The van der Waals surface area contributed by atoms with Gasteiger partial charge in [0.1, 0.15) is 5.82 Å². The maximum Gasteiger partial charge on any atom is 0.172 e. The Morgan fingerprint density at radius 3 is 2.89 bits per heavy atom. The molecule has 2 heterocycles. The predicted molar refractivity (Wildman–Crippen MR) is 77.7 cm³/mol. The Labute approximate surface area is 116 Å². The number of rotatable bonds is 3. The van der Waals surface area contributed by atoms with E-state index in [9.17, 15) is 0 Å². The Kier molecular flexibility index (Phi) is 4.17. The molecule has 2 aromatic rings. The third-order valence-electron chi connectivity index (χ3n) is 2.45. The van der Waals surface area contributed by atoms with Gasteiger partial charge in [0.15, 0.2) is 5.11 Å². The van der Waals surface area contributed by atoms with Crippen LogP contribution in [0, 0.1) is 0 Å². The molecule has 2 rings (SSSR count). The summed E-state index contributed by atoms with van der Waals surface area (Å²) in [5.74, 6) is 0.670. The zero-order valence-electron chi connectivity index (χ0n) is 9.85. The molecular formula is C12H13ClN4S. The van der Waals surface area contributed by atoms with Crippen molar-refractivity contribution in [1.29, 1.82) is 0 Å². The Morgan fingerprint density at radius 1 is 1.44 bits per heavy atom. The average molecular weight is 281 g/mol. The number of hydrogen-bond acceptors (Lipinski definition) is 2. The summed E-state index contributed by atoms with van der Waals surface area (Å²) in [6, 6.07) is 7.57. The summed E-state index contributed by atoms with van der Waals surface area (Å²) in [5, 5.41) is 7.24. The van der Waals surface area contributed by atoms with E-state index in [-0.39, 0.29) is 0 Å². The van der Waals surface area contributed by atoms with Gasteiger partial charge in [-0.15, -0.1) is 0 Å². The van der Waals surface area contributed by atoms with Crippen LogP contribution in [0.4, 0.5) is 5.82 Å². The number of nitrogens with zero attached hydrogens (tertiary/aromatic N) is 2. The molecule has 0 saturated heterocycles. The minimum absolute atomic E-state index is 0.533. The van der Waals surface area contributed by atoms with Crippen LogP contribution in [0.5, 0.6) is 0 Å². The fourth-order valence-corrected chi connectivity index (χ4v) is 1.75. The molecule has 0 radical (unpaired) electrons. The molecule has 0 fully saturated rings. The summed E-state index contributed by atoms with van der Waals surface area (Å²) >= 11 is 10.9.